The fraction of sp³-hybridized carbons (Fsp3) is 0.0385. The second-order valence-electron chi connectivity index (χ2n) is 7.26. The largest absolute Gasteiger partial charge is 0.495 e. The highest BCUT2D eigenvalue weighted by molar-refractivity contribution is 6.30. The Balaban J connectivity index is 1.57. The molecule has 0 bridgehead atoms. The van der Waals surface area contributed by atoms with Crippen molar-refractivity contribution in [2.75, 3.05) is 7.11 Å². The Morgan fingerprint density at radius 3 is 2.47 bits per heavy atom. The average Bonchev–Trinajstić information content (AvgIpc) is 3.27. The van der Waals surface area contributed by atoms with Crippen LogP contribution in [0.25, 0.3) is 28.0 Å². The van der Waals surface area contributed by atoms with Crippen LogP contribution in [0, 0.1) is 0 Å². The Bertz CT molecular complexity index is 1430. The summed E-state index contributed by atoms with van der Waals surface area (Å²) in [6, 6.07) is 24.1. The van der Waals surface area contributed by atoms with Gasteiger partial charge in [0.2, 0.25) is 0 Å². The van der Waals surface area contributed by atoms with E-state index in [0.717, 1.165) is 22.4 Å². The zero-order chi connectivity index (χ0) is 22.1. The molecule has 32 heavy (non-hydrogen) atoms. The summed E-state index contributed by atoms with van der Waals surface area (Å²) in [6.07, 6.45) is 3.65. The van der Waals surface area contributed by atoms with Crippen LogP contribution >= 0.6 is 11.6 Å². The van der Waals surface area contributed by atoms with Gasteiger partial charge in [0.1, 0.15) is 5.75 Å². The molecule has 0 aliphatic carbocycles. The molecule has 0 saturated heterocycles. The van der Waals surface area contributed by atoms with Crippen LogP contribution in [0.2, 0.25) is 5.02 Å². The lowest BCUT2D eigenvalue weighted by molar-refractivity contribution is 0.103. The van der Waals surface area contributed by atoms with Gasteiger partial charge < -0.3 is 4.74 Å². The van der Waals surface area contributed by atoms with Crippen molar-refractivity contribution in [3.63, 3.8) is 0 Å². The van der Waals surface area contributed by atoms with Crippen molar-refractivity contribution >= 4 is 23.0 Å². The standard InChI is InChI=1S/C26H18ClN3O2/c1-32-26-21(8-5-9-22(26)25(31)18-6-3-2-4-7-18)19-15-28-24-14-23(29-30(24)16-19)17-10-12-20(27)13-11-17/h2-16H,1H3. The molecule has 6 heteroatoms. The van der Waals surface area contributed by atoms with Crippen LogP contribution in [-0.2, 0) is 0 Å². The number of aromatic nitrogens is 3. The first-order chi connectivity index (χ1) is 15.6. The van der Waals surface area contributed by atoms with Crippen LogP contribution in [0.5, 0.6) is 5.75 Å². The highest BCUT2D eigenvalue weighted by atomic mass is 35.5. The number of carbonyl (C=O) groups is 1. The average molecular weight is 440 g/mol. The molecule has 156 valence electrons. The number of fused-ring (bicyclic) bond motifs is 1. The summed E-state index contributed by atoms with van der Waals surface area (Å²) >= 11 is 6.00. The normalized spacial score (nSPS) is 10.9. The number of nitrogens with zero attached hydrogens (tertiary/aromatic N) is 3. The van der Waals surface area contributed by atoms with Crippen LogP contribution in [0.15, 0.2) is 91.3 Å². The number of para-hydroxylation sites is 1. The molecule has 0 saturated carbocycles. The van der Waals surface area contributed by atoms with Gasteiger partial charge in [-0.2, -0.15) is 5.10 Å². The van der Waals surface area contributed by atoms with E-state index in [9.17, 15) is 4.79 Å². The summed E-state index contributed by atoms with van der Waals surface area (Å²) in [4.78, 5) is 17.6. The molecule has 0 atom stereocenters. The first kappa shape index (κ1) is 20.0. The highest BCUT2D eigenvalue weighted by Crippen LogP contribution is 2.34. The van der Waals surface area contributed by atoms with Crippen molar-refractivity contribution < 1.29 is 9.53 Å². The van der Waals surface area contributed by atoms with E-state index in [1.807, 2.05) is 66.9 Å². The van der Waals surface area contributed by atoms with Gasteiger partial charge in [-0.05, 0) is 18.2 Å². The molecule has 0 spiro atoms. The quantitative estimate of drug-likeness (QED) is 0.317. The molecule has 2 heterocycles. The lowest BCUT2D eigenvalue weighted by Gasteiger charge is -2.13. The summed E-state index contributed by atoms with van der Waals surface area (Å²) in [6.45, 7) is 0. The summed E-state index contributed by atoms with van der Waals surface area (Å²) in [5, 5.41) is 5.34. The molecule has 2 aromatic heterocycles. The lowest BCUT2D eigenvalue weighted by atomic mass is 9.97. The fourth-order valence-electron chi connectivity index (χ4n) is 3.69. The predicted octanol–water partition coefficient (Wildman–Crippen LogP) is 5.96. The van der Waals surface area contributed by atoms with Crippen molar-refractivity contribution in [3.05, 3.63) is 107 Å². The molecule has 5 aromatic rings. The number of carbonyl (C=O) groups excluding carboxylic acids is 1. The Labute approximate surface area is 189 Å². The van der Waals surface area contributed by atoms with Crippen LogP contribution in [0.1, 0.15) is 15.9 Å². The van der Waals surface area contributed by atoms with Gasteiger partial charge in [0.15, 0.2) is 11.4 Å². The zero-order valence-corrected chi connectivity index (χ0v) is 18.0. The highest BCUT2D eigenvalue weighted by Gasteiger charge is 2.19. The minimum Gasteiger partial charge on any atom is -0.495 e. The first-order valence-electron chi connectivity index (χ1n) is 10.0. The molecule has 0 aliphatic rings. The van der Waals surface area contributed by atoms with Crippen LogP contribution in [0.4, 0.5) is 0 Å². The monoisotopic (exact) mass is 439 g/mol. The van der Waals surface area contributed by atoms with Gasteiger partial charge >= 0.3 is 0 Å². The van der Waals surface area contributed by atoms with Gasteiger partial charge in [-0.15, -0.1) is 0 Å². The van der Waals surface area contributed by atoms with Gasteiger partial charge in [0.25, 0.3) is 0 Å². The smallest absolute Gasteiger partial charge is 0.196 e. The first-order valence-corrected chi connectivity index (χ1v) is 10.4. The van der Waals surface area contributed by atoms with E-state index in [4.69, 9.17) is 16.3 Å². The van der Waals surface area contributed by atoms with Gasteiger partial charge in [0, 0.05) is 45.7 Å². The molecular weight excluding hydrogens is 422 g/mol. The number of halogens is 1. The van der Waals surface area contributed by atoms with Crippen molar-refractivity contribution in [2.45, 2.75) is 0 Å². The van der Waals surface area contributed by atoms with E-state index in [1.54, 1.807) is 36.0 Å². The van der Waals surface area contributed by atoms with Crippen molar-refractivity contribution in [3.8, 4) is 28.1 Å². The molecule has 0 amide bonds. The fourth-order valence-corrected chi connectivity index (χ4v) is 3.81. The summed E-state index contributed by atoms with van der Waals surface area (Å²) in [5.41, 5.74) is 5.14. The van der Waals surface area contributed by atoms with E-state index in [-0.39, 0.29) is 5.78 Å². The van der Waals surface area contributed by atoms with Crippen LogP contribution in [0.3, 0.4) is 0 Å². The van der Waals surface area contributed by atoms with Gasteiger partial charge in [-0.25, -0.2) is 9.50 Å². The Kier molecular flexibility index (Phi) is 5.17. The Hall–Kier alpha value is -3.96. The maximum atomic E-state index is 13.1. The molecular formula is C26H18ClN3O2. The second kappa shape index (κ2) is 8.29. The van der Waals surface area contributed by atoms with Gasteiger partial charge in [-0.1, -0.05) is 66.2 Å². The minimum absolute atomic E-state index is 0.0950. The van der Waals surface area contributed by atoms with Gasteiger partial charge in [0.05, 0.1) is 18.4 Å². The third-order valence-corrected chi connectivity index (χ3v) is 5.52. The maximum Gasteiger partial charge on any atom is 0.196 e. The zero-order valence-electron chi connectivity index (χ0n) is 17.2. The van der Waals surface area contributed by atoms with Crippen LogP contribution < -0.4 is 4.74 Å². The van der Waals surface area contributed by atoms with Crippen molar-refractivity contribution in [1.82, 2.24) is 14.6 Å². The third-order valence-electron chi connectivity index (χ3n) is 5.26. The number of methoxy groups -OCH3 is 1. The number of benzene rings is 3. The van der Waals surface area contributed by atoms with E-state index in [0.29, 0.717) is 27.5 Å². The number of ether oxygens (including phenoxy) is 1. The molecule has 5 rings (SSSR count). The lowest BCUT2D eigenvalue weighted by Crippen LogP contribution is -2.05. The topological polar surface area (TPSA) is 56.5 Å². The number of hydrogen-bond acceptors (Lipinski definition) is 4. The van der Waals surface area contributed by atoms with Crippen molar-refractivity contribution in [2.24, 2.45) is 0 Å². The van der Waals surface area contributed by atoms with Gasteiger partial charge in [-0.3, -0.25) is 4.79 Å². The SMILES string of the molecule is COc1c(C(=O)c2ccccc2)cccc1-c1cnc2cc(-c3ccc(Cl)cc3)nn2c1. The Morgan fingerprint density at radius 2 is 1.72 bits per heavy atom. The second-order valence-corrected chi connectivity index (χ2v) is 7.70. The van der Waals surface area contributed by atoms with Crippen LogP contribution in [-0.4, -0.2) is 27.5 Å². The predicted molar refractivity (Wildman–Crippen MR) is 125 cm³/mol. The molecule has 5 nitrogen and oxygen atoms in total. The molecule has 0 N–H and O–H groups in total. The number of rotatable bonds is 5. The molecule has 0 fully saturated rings. The van der Waals surface area contributed by atoms with E-state index in [1.165, 1.54) is 0 Å². The van der Waals surface area contributed by atoms with E-state index in [2.05, 4.69) is 10.1 Å². The summed E-state index contributed by atoms with van der Waals surface area (Å²) in [5.74, 6) is 0.412. The molecule has 0 radical (unpaired) electrons. The maximum absolute atomic E-state index is 13.1. The summed E-state index contributed by atoms with van der Waals surface area (Å²) < 4.78 is 7.41. The van der Waals surface area contributed by atoms with E-state index < -0.39 is 0 Å². The Morgan fingerprint density at radius 1 is 0.938 bits per heavy atom. The molecule has 0 unspecified atom stereocenters. The minimum atomic E-state index is -0.0950. The number of ketones is 1. The number of hydrogen-bond donors (Lipinski definition) is 0. The summed E-state index contributed by atoms with van der Waals surface area (Å²) in [7, 11) is 1.57. The third kappa shape index (κ3) is 3.63. The molecule has 3 aromatic carbocycles. The van der Waals surface area contributed by atoms with E-state index >= 15 is 0 Å². The molecule has 0 aliphatic heterocycles. The van der Waals surface area contributed by atoms with Crippen molar-refractivity contribution in [1.29, 1.82) is 0 Å².